The van der Waals surface area contributed by atoms with E-state index in [4.69, 9.17) is 10.5 Å². The summed E-state index contributed by atoms with van der Waals surface area (Å²) in [6.45, 7) is 4.20. The summed E-state index contributed by atoms with van der Waals surface area (Å²) in [5, 5.41) is 11.9. The third-order valence-corrected chi connectivity index (χ3v) is 6.05. The zero-order valence-corrected chi connectivity index (χ0v) is 16.2. The number of fused-ring (bicyclic) bond motifs is 1. The molecule has 2 aromatic heterocycles. The molecule has 4 N–H and O–H groups in total. The maximum absolute atomic E-state index is 11.9. The molecule has 152 valence electrons. The van der Waals surface area contributed by atoms with Gasteiger partial charge in [-0.15, -0.1) is 0 Å². The summed E-state index contributed by atoms with van der Waals surface area (Å²) < 4.78 is 5.55. The highest BCUT2D eigenvalue weighted by Crippen LogP contribution is 2.38. The zero-order chi connectivity index (χ0) is 19.8. The first-order valence-electron chi connectivity index (χ1n) is 9.96. The van der Waals surface area contributed by atoms with E-state index in [1.807, 2.05) is 30.3 Å². The number of anilines is 2. The maximum atomic E-state index is 11.9. The SMILES string of the molecule is Nc1nc(N2CC[C@](O)(c3ccccc3)[C@H](N3CCOCC3)C2)c2[nH]cnc2n1. The monoisotopic (exact) mass is 395 g/mol. The van der Waals surface area contributed by atoms with Crippen molar-refractivity contribution in [1.82, 2.24) is 24.8 Å². The second kappa shape index (κ2) is 7.25. The molecule has 0 saturated carbocycles. The van der Waals surface area contributed by atoms with Gasteiger partial charge in [0.15, 0.2) is 11.5 Å². The molecule has 9 nitrogen and oxygen atoms in total. The van der Waals surface area contributed by atoms with E-state index in [0.29, 0.717) is 38.4 Å². The molecule has 0 unspecified atom stereocenters. The van der Waals surface area contributed by atoms with Crippen LogP contribution in [0.1, 0.15) is 12.0 Å². The second-order valence-corrected chi connectivity index (χ2v) is 7.66. The van der Waals surface area contributed by atoms with Crippen molar-refractivity contribution in [2.24, 2.45) is 0 Å². The van der Waals surface area contributed by atoms with Gasteiger partial charge in [-0.05, 0) is 12.0 Å². The predicted octanol–water partition coefficient (Wildman–Crippen LogP) is 0.734. The average Bonchev–Trinajstić information content (AvgIpc) is 3.23. The number of ether oxygens (including phenoxy) is 1. The molecule has 0 radical (unpaired) electrons. The minimum absolute atomic E-state index is 0.100. The van der Waals surface area contributed by atoms with Gasteiger partial charge in [0.1, 0.15) is 11.1 Å². The van der Waals surface area contributed by atoms with Crippen LogP contribution in [-0.4, -0.2) is 75.4 Å². The van der Waals surface area contributed by atoms with E-state index in [9.17, 15) is 5.11 Å². The zero-order valence-electron chi connectivity index (χ0n) is 16.2. The predicted molar refractivity (Wildman–Crippen MR) is 109 cm³/mol. The first-order valence-corrected chi connectivity index (χ1v) is 9.96. The third kappa shape index (κ3) is 3.21. The highest BCUT2D eigenvalue weighted by molar-refractivity contribution is 5.84. The van der Waals surface area contributed by atoms with E-state index >= 15 is 0 Å². The van der Waals surface area contributed by atoms with Crippen LogP contribution in [0.25, 0.3) is 11.2 Å². The molecule has 2 saturated heterocycles. The number of nitrogens with one attached hydrogen (secondary N) is 1. The first-order chi connectivity index (χ1) is 14.1. The van der Waals surface area contributed by atoms with E-state index in [1.165, 1.54) is 0 Å². The number of H-pyrrole nitrogens is 1. The molecule has 2 atom stereocenters. The van der Waals surface area contributed by atoms with Gasteiger partial charge in [-0.1, -0.05) is 30.3 Å². The van der Waals surface area contributed by atoms with Crippen molar-refractivity contribution in [3.05, 3.63) is 42.2 Å². The highest BCUT2D eigenvalue weighted by Gasteiger charge is 2.46. The van der Waals surface area contributed by atoms with Crippen LogP contribution >= 0.6 is 0 Å². The van der Waals surface area contributed by atoms with Gasteiger partial charge in [0.25, 0.3) is 0 Å². The standard InChI is InChI=1S/C20H25N7O2/c21-19-24-17-16(22-13-23-17)18(25-19)27-7-6-20(28,14-4-2-1-3-5-14)15(12-27)26-8-10-29-11-9-26/h1-5,13,15,28H,6-12H2,(H3,21,22,23,24,25)/t15-,20+/m1/s1. The fraction of sp³-hybridized carbons (Fsp3) is 0.450. The van der Waals surface area contributed by atoms with Crippen LogP contribution in [-0.2, 0) is 10.3 Å². The van der Waals surface area contributed by atoms with Crippen LogP contribution in [0.3, 0.4) is 0 Å². The Morgan fingerprint density at radius 2 is 1.93 bits per heavy atom. The summed E-state index contributed by atoms with van der Waals surface area (Å²) in [6.07, 6.45) is 2.19. The summed E-state index contributed by atoms with van der Waals surface area (Å²) in [4.78, 5) is 20.6. The quantitative estimate of drug-likeness (QED) is 0.594. The van der Waals surface area contributed by atoms with Crippen LogP contribution < -0.4 is 10.6 Å². The molecule has 9 heteroatoms. The van der Waals surface area contributed by atoms with Crippen molar-refractivity contribution >= 4 is 22.9 Å². The van der Waals surface area contributed by atoms with Crippen molar-refractivity contribution in [3.63, 3.8) is 0 Å². The number of nitrogens with zero attached hydrogens (tertiary/aromatic N) is 5. The Balaban J connectivity index is 1.53. The smallest absolute Gasteiger partial charge is 0.224 e. The molecular formula is C20H25N7O2. The molecule has 2 aliphatic rings. The van der Waals surface area contributed by atoms with E-state index in [-0.39, 0.29) is 12.0 Å². The number of aromatic amines is 1. The second-order valence-electron chi connectivity index (χ2n) is 7.66. The number of hydrogen-bond donors (Lipinski definition) is 3. The largest absolute Gasteiger partial charge is 0.383 e. The van der Waals surface area contributed by atoms with E-state index in [2.05, 4.69) is 29.7 Å². The normalized spacial score (nSPS) is 26.1. The van der Waals surface area contributed by atoms with Crippen LogP contribution in [0.4, 0.5) is 11.8 Å². The summed E-state index contributed by atoms with van der Waals surface area (Å²) >= 11 is 0. The number of benzene rings is 1. The lowest BCUT2D eigenvalue weighted by Crippen LogP contribution is -2.62. The molecule has 29 heavy (non-hydrogen) atoms. The Bertz CT molecular complexity index is 989. The van der Waals surface area contributed by atoms with Crippen molar-refractivity contribution in [1.29, 1.82) is 0 Å². The number of rotatable bonds is 3. The Labute approximate surface area is 168 Å². The average molecular weight is 395 g/mol. The lowest BCUT2D eigenvalue weighted by molar-refractivity contribution is -0.0911. The molecule has 3 aromatic rings. The van der Waals surface area contributed by atoms with Gasteiger partial charge in [-0.3, -0.25) is 4.90 Å². The minimum atomic E-state index is -0.944. The first kappa shape index (κ1) is 18.3. The number of hydrogen-bond acceptors (Lipinski definition) is 8. The molecule has 2 aliphatic heterocycles. The summed E-state index contributed by atoms with van der Waals surface area (Å²) in [5.41, 5.74) is 7.26. The van der Waals surface area contributed by atoms with Gasteiger partial charge in [-0.2, -0.15) is 9.97 Å². The van der Waals surface area contributed by atoms with E-state index in [0.717, 1.165) is 30.0 Å². The molecule has 0 spiro atoms. The number of aromatic nitrogens is 4. The van der Waals surface area contributed by atoms with Crippen molar-refractivity contribution in [2.45, 2.75) is 18.1 Å². The molecular weight excluding hydrogens is 370 g/mol. The number of imidazole rings is 1. The van der Waals surface area contributed by atoms with Gasteiger partial charge >= 0.3 is 0 Å². The fourth-order valence-corrected chi connectivity index (χ4v) is 4.55. The number of nitrogen functional groups attached to an aromatic ring is 1. The minimum Gasteiger partial charge on any atom is -0.383 e. The van der Waals surface area contributed by atoms with Crippen LogP contribution in [0, 0.1) is 0 Å². The van der Waals surface area contributed by atoms with Crippen LogP contribution in [0.15, 0.2) is 36.7 Å². The van der Waals surface area contributed by atoms with Crippen molar-refractivity contribution in [2.75, 3.05) is 50.0 Å². The number of aliphatic hydroxyl groups is 1. The van der Waals surface area contributed by atoms with E-state index in [1.54, 1.807) is 6.33 Å². The molecule has 4 heterocycles. The van der Waals surface area contributed by atoms with Gasteiger partial charge in [0.05, 0.1) is 25.6 Å². The molecule has 2 fully saturated rings. The summed E-state index contributed by atoms with van der Waals surface area (Å²) in [6, 6.07) is 9.86. The topological polar surface area (TPSA) is 116 Å². The number of piperidine rings is 1. The van der Waals surface area contributed by atoms with Crippen molar-refractivity contribution < 1.29 is 9.84 Å². The molecule has 0 aliphatic carbocycles. The highest BCUT2D eigenvalue weighted by atomic mass is 16.5. The lowest BCUT2D eigenvalue weighted by atomic mass is 9.79. The van der Waals surface area contributed by atoms with Gasteiger partial charge < -0.3 is 25.5 Å². The molecule has 0 amide bonds. The van der Waals surface area contributed by atoms with Crippen LogP contribution in [0.2, 0.25) is 0 Å². The molecule has 0 bridgehead atoms. The van der Waals surface area contributed by atoms with Gasteiger partial charge in [-0.25, -0.2) is 4.98 Å². The van der Waals surface area contributed by atoms with Crippen molar-refractivity contribution in [3.8, 4) is 0 Å². The lowest BCUT2D eigenvalue weighted by Gasteiger charge is -2.50. The summed E-state index contributed by atoms with van der Waals surface area (Å²) in [7, 11) is 0. The number of nitrogens with two attached hydrogens (primary N) is 1. The van der Waals surface area contributed by atoms with E-state index < -0.39 is 5.60 Å². The number of morpholine rings is 1. The maximum Gasteiger partial charge on any atom is 0.224 e. The Hall–Kier alpha value is -2.75. The summed E-state index contributed by atoms with van der Waals surface area (Å²) in [5.74, 6) is 0.935. The van der Waals surface area contributed by atoms with Crippen LogP contribution in [0.5, 0.6) is 0 Å². The third-order valence-electron chi connectivity index (χ3n) is 6.05. The fourth-order valence-electron chi connectivity index (χ4n) is 4.55. The Kier molecular flexibility index (Phi) is 4.57. The Morgan fingerprint density at radius 1 is 1.14 bits per heavy atom. The van der Waals surface area contributed by atoms with Gasteiger partial charge in [0, 0.05) is 26.2 Å². The molecule has 5 rings (SSSR count). The molecule has 1 aromatic carbocycles. The Morgan fingerprint density at radius 3 is 2.72 bits per heavy atom. The van der Waals surface area contributed by atoms with Gasteiger partial charge in [0.2, 0.25) is 5.95 Å².